The number of nitrogen functional groups attached to an aromatic ring is 1. The van der Waals surface area contributed by atoms with Gasteiger partial charge < -0.3 is 0 Å². The average molecular weight is 643 g/mol. The van der Waals surface area contributed by atoms with Crippen LogP contribution in [-0.4, -0.2) is 83.6 Å². The molecule has 1 aromatic carbocycles. The number of nitrogens with zero attached hydrogens (tertiary/aromatic N) is 4. The summed E-state index contributed by atoms with van der Waals surface area (Å²) in [7, 11) is -2.69. The van der Waals surface area contributed by atoms with Gasteiger partial charge in [-0.05, 0) is 0 Å². The van der Waals surface area contributed by atoms with Crippen LogP contribution in [0.5, 0.6) is 11.6 Å². The van der Waals surface area contributed by atoms with Gasteiger partial charge in [-0.2, -0.15) is 0 Å². The molecule has 3 heterocycles. The molecule has 3 aromatic rings. The van der Waals surface area contributed by atoms with Crippen LogP contribution in [0.4, 0.5) is 5.95 Å². The van der Waals surface area contributed by atoms with Gasteiger partial charge in [0.1, 0.15) is 0 Å². The normalized spacial score (nSPS) is 23.2. The molecular weight excluding hydrogens is 610 g/mol. The number of methoxy groups -OCH3 is 1. The van der Waals surface area contributed by atoms with E-state index in [0.717, 1.165) is 0 Å². The van der Waals surface area contributed by atoms with Gasteiger partial charge in [-0.3, -0.25) is 0 Å². The molecule has 4 rings (SSSR count). The summed E-state index contributed by atoms with van der Waals surface area (Å²) in [5, 5.41) is 13.8. The van der Waals surface area contributed by atoms with Crippen LogP contribution in [0, 0.1) is 0 Å². The summed E-state index contributed by atoms with van der Waals surface area (Å²) in [6.45, 7) is 4.61. The molecule has 4 N–H and O–H groups in total. The van der Waals surface area contributed by atoms with E-state index in [4.69, 9.17) is 29.0 Å². The second-order valence-electron chi connectivity index (χ2n) is 9.21. The number of hydrogen-bond donors (Lipinski definition) is 3. The van der Waals surface area contributed by atoms with Crippen molar-refractivity contribution in [1.82, 2.24) is 24.6 Å². The number of esters is 1. The molecule has 218 valence electrons. The van der Waals surface area contributed by atoms with E-state index < -0.39 is 38.2 Å². The molecule has 0 radical (unpaired) electrons. The van der Waals surface area contributed by atoms with Crippen LogP contribution in [0.2, 0.25) is 10.6 Å². The van der Waals surface area contributed by atoms with E-state index in [1.807, 2.05) is 5.82 Å². The van der Waals surface area contributed by atoms with Crippen LogP contribution in [0.1, 0.15) is 27.0 Å². The van der Waals surface area contributed by atoms with Gasteiger partial charge in [0.25, 0.3) is 0 Å². The zero-order valence-corrected chi connectivity index (χ0v) is 25.3. The predicted octanol–water partition coefficient (Wildman–Crippen LogP) is 2.35. The van der Waals surface area contributed by atoms with Gasteiger partial charge >= 0.3 is 238 Å². The summed E-state index contributed by atoms with van der Waals surface area (Å²) in [6, 6.07) is 7.39. The second-order valence-corrected chi connectivity index (χ2v) is 13.0. The molecule has 0 spiro atoms. The van der Waals surface area contributed by atoms with Crippen molar-refractivity contribution >= 4 is 45.8 Å². The number of nitrogens with two attached hydrogens (primary N) is 1. The Kier molecular flexibility index (Phi) is 9.68. The van der Waals surface area contributed by atoms with Gasteiger partial charge in [0.2, 0.25) is 0 Å². The number of carbonyl (C=O) groups excluding carboxylic acids is 1. The van der Waals surface area contributed by atoms with Gasteiger partial charge in [0, 0.05) is 0 Å². The topological polar surface area (TPSA) is 182 Å². The summed E-state index contributed by atoms with van der Waals surface area (Å²) < 4.78 is 43.7. The molecule has 1 fully saturated rings. The van der Waals surface area contributed by atoms with E-state index >= 15 is 0 Å². The number of rotatable bonds is 12. The number of para-hydroxylation sites is 1. The van der Waals surface area contributed by atoms with Crippen molar-refractivity contribution in [2.75, 3.05) is 19.5 Å². The number of fused-ring (bicyclic) bond motifs is 1. The zero-order valence-electron chi connectivity index (χ0n) is 22.7. The van der Waals surface area contributed by atoms with Crippen LogP contribution < -0.4 is 20.1 Å². The molecule has 1 aliphatic heterocycles. The van der Waals surface area contributed by atoms with Gasteiger partial charge in [-0.25, -0.2) is 0 Å². The third-order valence-corrected chi connectivity index (χ3v) is 9.75. The fourth-order valence-electron chi connectivity index (χ4n) is 4.08. The molecule has 6 atom stereocenters. The number of aromatic nitrogens is 4. The van der Waals surface area contributed by atoms with Crippen LogP contribution in [0.15, 0.2) is 36.7 Å². The van der Waals surface area contributed by atoms with Gasteiger partial charge in [0.05, 0.1) is 0 Å². The molecule has 1 unspecified atom stereocenters. The van der Waals surface area contributed by atoms with E-state index in [2.05, 4.69) is 20.0 Å². The van der Waals surface area contributed by atoms with Gasteiger partial charge in [-0.1, -0.05) is 0 Å². The van der Waals surface area contributed by atoms with Crippen LogP contribution in [0.3, 0.4) is 0 Å². The SMILES string of the molecule is COc1nc(N)nc2c1ncn2[C@@H]1O[C@H](COP(=O)(N[C@@H](C)C(=O)OC(C)C)Oc2ccccc2)[C@@H](O)[C@@H]1[Se]C. The average Bonchev–Trinajstić information content (AvgIpc) is 3.47. The van der Waals surface area contributed by atoms with Crippen molar-refractivity contribution in [3.8, 4) is 11.6 Å². The van der Waals surface area contributed by atoms with Crippen molar-refractivity contribution in [2.45, 2.75) is 62.0 Å². The molecule has 16 heteroatoms. The first-order valence-electron chi connectivity index (χ1n) is 12.4. The molecule has 1 saturated heterocycles. The summed E-state index contributed by atoms with van der Waals surface area (Å²) >= 11 is -0.0876. The Morgan fingerprint density at radius 2 is 2.00 bits per heavy atom. The Hall–Kier alpha value is -2.77. The number of imidazole rings is 1. The second kappa shape index (κ2) is 12.8. The van der Waals surface area contributed by atoms with E-state index in [1.165, 1.54) is 20.4 Å². The monoisotopic (exact) mass is 644 g/mol. The maximum absolute atomic E-state index is 13.8. The first-order valence-corrected chi connectivity index (χ1v) is 16.7. The molecule has 0 aliphatic carbocycles. The number of anilines is 1. The quantitative estimate of drug-likeness (QED) is 0.149. The van der Waals surface area contributed by atoms with Crippen molar-refractivity contribution in [2.24, 2.45) is 0 Å². The van der Waals surface area contributed by atoms with Crippen molar-refractivity contribution in [1.29, 1.82) is 0 Å². The van der Waals surface area contributed by atoms with E-state index in [-0.39, 0.29) is 50.1 Å². The summed E-state index contributed by atoms with van der Waals surface area (Å²) in [5.41, 5.74) is 6.64. The fraction of sp³-hybridized carbons (Fsp3) is 0.500. The molecule has 14 nitrogen and oxygen atoms in total. The minimum absolute atomic E-state index is 0.00160. The first-order chi connectivity index (χ1) is 19.0. The van der Waals surface area contributed by atoms with Crippen molar-refractivity contribution in [3.05, 3.63) is 36.7 Å². The molecule has 40 heavy (non-hydrogen) atoms. The molecule has 1 aliphatic rings. The molecule has 0 bridgehead atoms. The van der Waals surface area contributed by atoms with Crippen LogP contribution in [0.25, 0.3) is 11.2 Å². The fourth-order valence-corrected chi connectivity index (χ4v) is 7.43. The number of nitrogens with one attached hydrogen (secondary N) is 1. The number of aliphatic hydroxyl groups excluding tert-OH is 1. The number of benzene rings is 1. The zero-order chi connectivity index (χ0) is 29.0. The number of aliphatic hydroxyl groups is 1. The number of ether oxygens (including phenoxy) is 3. The van der Waals surface area contributed by atoms with Crippen molar-refractivity contribution in [3.63, 3.8) is 0 Å². The summed E-state index contributed by atoms with van der Waals surface area (Å²) in [6.07, 6.45) is -1.36. The third-order valence-electron chi connectivity index (χ3n) is 5.89. The molecule has 2 aromatic heterocycles. The Bertz CT molecular complexity index is 1360. The first kappa shape index (κ1) is 30.2. The predicted molar refractivity (Wildman–Crippen MR) is 146 cm³/mol. The Labute approximate surface area is 237 Å². The standard InChI is InChI=1S/C24H33N6O8PSe/c1-13(2)36-23(32)14(3)29-39(33,38-15-9-7-6-8-10-15)35-11-16-18(31)19(40-5)22(37-16)30-12-26-17-20(30)27-24(25)28-21(17)34-4/h6-10,12-14,16,18-19,22,31H,11H2,1-5H3,(H,29,33)(H2,25,27,28)/t14-,16+,18+,19-,22+,39?/m0/s1. The van der Waals surface area contributed by atoms with E-state index in [9.17, 15) is 14.5 Å². The van der Waals surface area contributed by atoms with Gasteiger partial charge in [-0.15, -0.1) is 0 Å². The summed E-state index contributed by atoms with van der Waals surface area (Å²) in [5.74, 6) is 1.83. The Morgan fingerprint density at radius 3 is 2.65 bits per heavy atom. The summed E-state index contributed by atoms with van der Waals surface area (Å²) in [4.78, 5) is 24.8. The van der Waals surface area contributed by atoms with Gasteiger partial charge in [0.15, 0.2) is 0 Å². The number of hydrogen-bond acceptors (Lipinski definition) is 12. The van der Waals surface area contributed by atoms with E-state index in [0.29, 0.717) is 11.2 Å². The molecule has 0 saturated carbocycles. The molecule has 0 amide bonds. The maximum atomic E-state index is 13.8. The van der Waals surface area contributed by atoms with Crippen LogP contribution >= 0.6 is 7.75 Å². The third kappa shape index (κ3) is 6.74. The van der Waals surface area contributed by atoms with Crippen LogP contribution in [-0.2, 0) is 23.4 Å². The minimum atomic E-state index is -4.15. The van der Waals surface area contributed by atoms with Crippen molar-refractivity contribution < 1.29 is 37.7 Å². The Balaban J connectivity index is 1.55. The molecular formula is C24H33N6O8PSe. The number of carbonyl (C=O) groups is 1. The van der Waals surface area contributed by atoms with E-state index in [1.54, 1.807) is 48.7 Å². The Morgan fingerprint density at radius 1 is 1.27 bits per heavy atom.